The third-order valence-electron chi connectivity index (χ3n) is 6.27. The lowest BCUT2D eigenvalue weighted by Crippen LogP contribution is -2.29. The van der Waals surface area contributed by atoms with Crippen LogP contribution in [0, 0.1) is 0 Å². The van der Waals surface area contributed by atoms with Gasteiger partial charge in [-0.15, -0.1) is 0 Å². The molecule has 7 nitrogen and oxygen atoms in total. The summed E-state index contributed by atoms with van der Waals surface area (Å²) in [7, 11) is 1.57. The zero-order valence-electron chi connectivity index (χ0n) is 21.9. The number of methoxy groups -OCH3 is 1. The molecular formula is C29H42N2O5. The van der Waals surface area contributed by atoms with Gasteiger partial charge in [0.15, 0.2) is 11.5 Å². The summed E-state index contributed by atoms with van der Waals surface area (Å²) >= 11 is 0. The highest BCUT2D eigenvalue weighted by molar-refractivity contribution is 5.65. The largest absolute Gasteiger partial charge is 0.513 e. The van der Waals surface area contributed by atoms with E-state index in [-0.39, 0.29) is 6.61 Å². The fourth-order valence-corrected chi connectivity index (χ4v) is 4.39. The van der Waals surface area contributed by atoms with Gasteiger partial charge >= 0.3 is 6.16 Å². The minimum Gasteiger partial charge on any atom is -0.494 e. The van der Waals surface area contributed by atoms with Gasteiger partial charge < -0.3 is 24.3 Å². The maximum atomic E-state index is 11.5. The van der Waals surface area contributed by atoms with Crippen molar-refractivity contribution in [2.45, 2.75) is 58.4 Å². The fraction of sp³-hybridized carbons (Fsp3) is 0.552. The number of nitrogens with one attached hydrogen (secondary N) is 1. The molecule has 0 radical (unpaired) electrons. The van der Waals surface area contributed by atoms with Crippen LogP contribution in [0.5, 0.6) is 17.2 Å². The van der Waals surface area contributed by atoms with Crippen molar-refractivity contribution in [2.24, 2.45) is 0 Å². The first-order chi connectivity index (χ1) is 17.7. The van der Waals surface area contributed by atoms with E-state index in [1.165, 1.54) is 37.9 Å². The van der Waals surface area contributed by atoms with Gasteiger partial charge in [-0.1, -0.05) is 24.6 Å². The quantitative estimate of drug-likeness (QED) is 0.195. The number of hydrogen-bond donors (Lipinski definition) is 1. The van der Waals surface area contributed by atoms with Gasteiger partial charge in [0.05, 0.1) is 20.3 Å². The van der Waals surface area contributed by atoms with E-state index in [4.69, 9.17) is 18.9 Å². The summed E-state index contributed by atoms with van der Waals surface area (Å²) < 4.78 is 21.3. The molecule has 0 spiro atoms. The lowest BCUT2D eigenvalue weighted by atomic mass is 10.1. The molecule has 0 atom stereocenters. The van der Waals surface area contributed by atoms with Crippen LogP contribution >= 0.6 is 0 Å². The predicted octanol–water partition coefficient (Wildman–Crippen LogP) is 5.60. The second-order valence-corrected chi connectivity index (χ2v) is 9.16. The first kappa shape index (κ1) is 27.8. The molecule has 1 saturated heterocycles. The van der Waals surface area contributed by atoms with Crippen molar-refractivity contribution < 1.29 is 23.7 Å². The molecule has 1 heterocycles. The Bertz CT molecular complexity index is 914. The Morgan fingerprint density at radius 1 is 0.944 bits per heavy atom. The number of unbranched alkanes of at least 4 members (excludes halogenated alkanes) is 1. The summed E-state index contributed by atoms with van der Waals surface area (Å²) in [6, 6.07) is 14.2. The molecule has 2 aromatic carbocycles. The number of piperidine rings is 1. The average molecular weight is 499 g/mol. The van der Waals surface area contributed by atoms with Crippen molar-refractivity contribution >= 4 is 6.16 Å². The van der Waals surface area contributed by atoms with Crippen molar-refractivity contribution in [2.75, 3.05) is 46.5 Å². The van der Waals surface area contributed by atoms with Crippen molar-refractivity contribution in [1.29, 1.82) is 0 Å². The van der Waals surface area contributed by atoms with Crippen molar-refractivity contribution in [3.8, 4) is 17.2 Å². The summed E-state index contributed by atoms with van der Waals surface area (Å²) in [5.41, 5.74) is 2.49. The highest BCUT2D eigenvalue weighted by Gasteiger charge is 2.12. The number of aryl methyl sites for hydroxylation is 1. The molecule has 1 fully saturated rings. The molecule has 1 aliphatic rings. The molecule has 0 unspecified atom stereocenters. The Labute approximate surface area is 216 Å². The molecule has 0 saturated carbocycles. The zero-order valence-corrected chi connectivity index (χ0v) is 21.9. The van der Waals surface area contributed by atoms with E-state index in [1.54, 1.807) is 20.1 Å². The second kappa shape index (κ2) is 16.1. The van der Waals surface area contributed by atoms with Gasteiger partial charge in [-0.3, -0.25) is 4.90 Å². The molecular weight excluding hydrogens is 456 g/mol. The van der Waals surface area contributed by atoms with E-state index >= 15 is 0 Å². The smallest absolute Gasteiger partial charge is 0.494 e. The molecule has 1 N–H and O–H groups in total. The van der Waals surface area contributed by atoms with Gasteiger partial charge in [0, 0.05) is 6.54 Å². The Morgan fingerprint density at radius 3 is 2.58 bits per heavy atom. The standard InChI is InChI=1S/C29H42N2O5/c1-3-34-29(32)36-27-15-14-24(22-28(27)33-2)11-5-6-16-30-17-10-20-35-26-13-9-12-25(21-26)23-31-18-7-4-8-19-31/h9,12-15,21-22,30H,3-8,10-11,16-20,23H2,1-2H3. The molecule has 0 aromatic heterocycles. The Hall–Kier alpha value is -2.77. The van der Waals surface area contributed by atoms with Gasteiger partial charge in [-0.25, -0.2) is 4.79 Å². The van der Waals surface area contributed by atoms with Crippen LogP contribution in [-0.2, 0) is 17.7 Å². The van der Waals surface area contributed by atoms with E-state index in [0.717, 1.165) is 63.2 Å². The van der Waals surface area contributed by atoms with Gasteiger partial charge in [0.25, 0.3) is 0 Å². The topological polar surface area (TPSA) is 69.3 Å². The molecule has 2 aromatic rings. The van der Waals surface area contributed by atoms with Gasteiger partial charge in [0.1, 0.15) is 5.75 Å². The third-order valence-corrected chi connectivity index (χ3v) is 6.27. The summed E-state index contributed by atoms with van der Waals surface area (Å²) in [5, 5.41) is 3.51. The summed E-state index contributed by atoms with van der Waals surface area (Å²) in [5.74, 6) is 1.88. The summed E-state index contributed by atoms with van der Waals surface area (Å²) in [4.78, 5) is 14.1. The summed E-state index contributed by atoms with van der Waals surface area (Å²) in [6.45, 7) is 8.10. The van der Waals surface area contributed by atoms with Crippen LogP contribution in [0.2, 0.25) is 0 Å². The molecule has 0 amide bonds. The van der Waals surface area contributed by atoms with Crippen LogP contribution in [0.4, 0.5) is 4.79 Å². The fourth-order valence-electron chi connectivity index (χ4n) is 4.39. The Morgan fingerprint density at radius 2 is 1.78 bits per heavy atom. The Balaban J connectivity index is 1.25. The van der Waals surface area contributed by atoms with Gasteiger partial charge in [-0.2, -0.15) is 0 Å². The van der Waals surface area contributed by atoms with Crippen LogP contribution in [0.25, 0.3) is 0 Å². The number of carbonyl (C=O) groups is 1. The molecule has 0 aliphatic carbocycles. The van der Waals surface area contributed by atoms with E-state index in [0.29, 0.717) is 11.5 Å². The van der Waals surface area contributed by atoms with Gasteiger partial charge in [-0.05, 0) is 107 Å². The minimum atomic E-state index is -0.721. The van der Waals surface area contributed by atoms with E-state index < -0.39 is 6.16 Å². The van der Waals surface area contributed by atoms with E-state index in [2.05, 4.69) is 34.5 Å². The first-order valence-corrected chi connectivity index (χ1v) is 13.3. The monoisotopic (exact) mass is 498 g/mol. The molecule has 0 bridgehead atoms. The number of benzene rings is 2. The summed E-state index contributed by atoms with van der Waals surface area (Å²) in [6.07, 6.45) is 7.35. The SMILES string of the molecule is CCOC(=O)Oc1ccc(CCCCNCCCOc2cccc(CN3CCCCC3)c2)cc1OC. The highest BCUT2D eigenvalue weighted by Crippen LogP contribution is 2.29. The van der Waals surface area contributed by atoms with Crippen LogP contribution in [0.1, 0.15) is 56.6 Å². The maximum absolute atomic E-state index is 11.5. The normalized spacial score (nSPS) is 13.8. The minimum absolute atomic E-state index is 0.271. The lowest BCUT2D eigenvalue weighted by molar-refractivity contribution is 0.103. The van der Waals surface area contributed by atoms with Crippen LogP contribution in [0.3, 0.4) is 0 Å². The van der Waals surface area contributed by atoms with Crippen molar-refractivity contribution in [3.63, 3.8) is 0 Å². The number of carbonyl (C=O) groups excluding carboxylic acids is 1. The van der Waals surface area contributed by atoms with Crippen LogP contribution < -0.4 is 19.5 Å². The van der Waals surface area contributed by atoms with E-state index in [1.807, 2.05) is 12.1 Å². The number of rotatable bonds is 15. The number of hydrogen-bond acceptors (Lipinski definition) is 7. The second-order valence-electron chi connectivity index (χ2n) is 9.16. The van der Waals surface area contributed by atoms with Crippen molar-refractivity contribution in [3.05, 3.63) is 53.6 Å². The molecule has 7 heteroatoms. The van der Waals surface area contributed by atoms with Crippen molar-refractivity contribution in [1.82, 2.24) is 10.2 Å². The molecule has 3 rings (SSSR count). The predicted molar refractivity (Wildman–Crippen MR) is 142 cm³/mol. The number of nitrogens with zero attached hydrogens (tertiary/aromatic N) is 1. The maximum Gasteiger partial charge on any atom is 0.513 e. The van der Waals surface area contributed by atoms with Crippen LogP contribution in [0.15, 0.2) is 42.5 Å². The Kier molecular flexibility index (Phi) is 12.4. The third kappa shape index (κ3) is 10.1. The van der Waals surface area contributed by atoms with Crippen LogP contribution in [-0.4, -0.2) is 57.6 Å². The number of likely N-dealkylation sites (tertiary alicyclic amines) is 1. The lowest BCUT2D eigenvalue weighted by Gasteiger charge is -2.26. The zero-order chi connectivity index (χ0) is 25.4. The highest BCUT2D eigenvalue weighted by atomic mass is 16.7. The average Bonchev–Trinajstić information content (AvgIpc) is 2.89. The molecule has 198 valence electrons. The number of ether oxygens (including phenoxy) is 4. The van der Waals surface area contributed by atoms with Gasteiger partial charge in [0.2, 0.25) is 0 Å². The first-order valence-electron chi connectivity index (χ1n) is 13.3. The molecule has 1 aliphatic heterocycles. The molecule has 36 heavy (non-hydrogen) atoms. The van der Waals surface area contributed by atoms with E-state index in [9.17, 15) is 4.79 Å².